The summed E-state index contributed by atoms with van der Waals surface area (Å²) in [7, 11) is 4.17. The van der Waals surface area contributed by atoms with Gasteiger partial charge < -0.3 is 10.2 Å². The van der Waals surface area contributed by atoms with E-state index in [1.165, 1.54) is 0 Å². The van der Waals surface area contributed by atoms with Crippen LogP contribution < -0.4 is 5.32 Å². The van der Waals surface area contributed by atoms with Crippen molar-refractivity contribution in [2.24, 2.45) is 0 Å². The molecule has 4 heteroatoms. The second-order valence-corrected chi connectivity index (χ2v) is 4.04. The molecule has 15 heavy (non-hydrogen) atoms. The second kappa shape index (κ2) is 5.78. The van der Waals surface area contributed by atoms with Crippen molar-refractivity contribution in [3.05, 3.63) is 23.8 Å². The highest BCUT2D eigenvalue weighted by molar-refractivity contribution is 5.00. The molecule has 0 saturated heterocycles. The molecule has 1 heterocycles. The Morgan fingerprint density at radius 3 is 2.80 bits per heavy atom. The molecular formula is C11H20N4. The van der Waals surface area contributed by atoms with Crippen molar-refractivity contribution in [3.8, 4) is 0 Å². The van der Waals surface area contributed by atoms with Crippen molar-refractivity contribution < 1.29 is 0 Å². The van der Waals surface area contributed by atoms with E-state index in [0.717, 1.165) is 24.6 Å². The normalized spacial score (nSPS) is 13.1. The van der Waals surface area contributed by atoms with E-state index < -0.39 is 0 Å². The molecular weight excluding hydrogens is 188 g/mol. The number of nitrogens with one attached hydrogen (secondary N) is 1. The number of aromatic nitrogens is 2. The van der Waals surface area contributed by atoms with E-state index in [1.54, 1.807) is 6.20 Å². The molecule has 0 saturated carbocycles. The Balaban J connectivity index is 2.32. The average Bonchev–Trinajstić information content (AvgIpc) is 2.17. The molecule has 1 aromatic rings. The molecule has 0 spiro atoms. The first-order chi connectivity index (χ1) is 7.09. The fourth-order valence-corrected chi connectivity index (χ4v) is 1.20. The van der Waals surface area contributed by atoms with Crippen LogP contribution in [0, 0.1) is 6.92 Å². The topological polar surface area (TPSA) is 41.1 Å². The Morgan fingerprint density at radius 1 is 1.47 bits per heavy atom. The highest BCUT2D eigenvalue weighted by Crippen LogP contribution is 1.95. The Kier molecular flexibility index (Phi) is 4.65. The van der Waals surface area contributed by atoms with E-state index in [-0.39, 0.29) is 0 Å². The zero-order chi connectivity index (χ0) is 11.3. The predicted octanol–water partition coefficient (Wildman–Crippen LogP) is 0.825. The summed E-state index contributed by atoms with van der Waals surface area (Å²) in [6, 6.07) is 2.48. The number of hydrogen-bond donors (Lipinski definition) is 1. The third-order valence-corrected chi connectivity index (χ3v) is 2.46. The Labute approximate surface area is 91.7 Å². The van der Waals surface area contributed by atoms with Gasteiger partial charge in [-0.2, -0.15) is 0 Å². The standard InChI is InChI=1S/C11H20N4/c1-9(15(3)4)7-12-8-11-5-6-13-10(2)14-11/h5-6,9,12H,7-8H2,1-4H3. The predicted molar refractivity (Wildman–Crippen MR) is 61.6 cm³/mol. The molecule has 0 radical (unpaired) electrons. The summed E-state index contributed by atoms with van der Waals surface area (Å²) >= 11 is 0. The SMILES string of the molecule is Cc1nccc(CNCC(C)N(C)C)n1. The number of aryl methyl sites for hydroxylation is 1. The molecule has 1 atom stereocenters. The van der Waals surface area contributed by atoms with Gasteiger partial charge in [-0.3, -0.25) is 0 Å². The lowest BCUT2D eigenvalue weighted by Crippen LogP contribution is -2.35. The van der Waals surface area contributed by atoms with Gasteiger partial charge in [-0.15, -0.1) is 0 Å². The van der Waals surface area contributed by atoms with E-state index in [9.17, 15) is 0 Å². The minimum Gasteiger partial charge on any atom is -0.310 e. The number of likely N-dealkylation sites (N-methyl/N-ethyl adjacent to an activating group) is 1. The lowest BCUT2D eigenvalue weighted by atomic mass is 10.3. The number of rotatable bonds is 5. The van der Waals surface area contributed by atoms with E-state index in [2.05, 4.69) is 41.2 Å². The summed E-state index contributed by atoms with van der Waals surface area (Å²) in [6.45, 7) is 5.88. The zero-order valence-corrected chi connectivity index (χ0v) is 9.99. The summed E-state index contributed by atoms with van der Waals surface area (Å²) in [5.74, 6) is 0.829. The van der Waals surface area contributed by atoms with E-state index in [0.29, 0.717) is 6.04 Å². The lowest BCUT2D eigenvalue weighted by Gasteiger charge is -2.19. The zero-order valence-electron chi connectivity index (χ0n) is 9.99. The van der Waals surface area contributed by atoms with E-state index in [1.807, 2.05) is 13.0 Å². The fraction of sp³-hybridized carbons (Fsp3) is 0.636. The average molecular weight is 208 g/mol. The lowest BCUT2D eigenvalue weighted by molar-refractivity contribution is 0.302. The van der Waals surface area contributed by atoms with Gasteiger partial charge in [-0.05, 0) is 34.0 Å². The monoisotopic (exact) mass is 208 g/mol. The Hall–Kier alpha value is -1.00. The van der Waals surface area contributed by atoms with Crippen LogP contribution in [0.5, 0.6) is 0 Å². The molecule has 0 aliphatic carbocycles. The number of hydrogen-bond acceptors (Lipinski definition) is 4. The maximum Gasteiger partial charge on any atom is 0.125 e. The first-order valence-corrected chi connectivity index (χ1v) is 5.25. The molecule has 1 rings (SSSR count). The summed E-state index contributed by atoms with van der Waals surface area (Å²) in [4.78, 5) is 10.6. The van der Waals surface area contributed by atoms with E-state index >= 15 is 0 Å². The quantitative estimate of drug-likeness (QED) is 0.778. The maximum absolute atomic E-state index is 4.33. The summed E-state index contributed by atoms with van der Waals surface area (Å²) < 4.78 is 0. The third kappa shape index (κ3) is 4.36. The van der Waals surface area contributed by atoms with Gasteiger partial charge in [0.1, 0.15) is 5.82 Å². The molecule has 0 aromatic carbocycles. The van der Waals surface area contributed by atoms with Gasteiger partial charge >= 0.3 is 0 Å². The molecule has 0 aliphatic heterocycles. The third-order valence-electron chi connectivity index (χ3n) is 2.46. The summed E-state index contributed by atoms with van der Waals surface area (Å²) in [6.07, 6.45) is 1.80. The Morgan fingerprint density at radius 2 is 2.20 bits per heavy atom. The van der Waals surface area contributed by atoms with Crippen molar-refractivity contribution in [3.63, 3.8) is 0 Å². The van der Waals surface area contributed by atoms with Gasteiger partial charge in [0, 0.05) is 25.3 Å². The van der Waals surface area contributed by atoms with Crippen LogP contribution in [0.4, 0.5) is 0 Å². The molecule has 84 valence electrons. The fourth-order valence-electron chi connectivity index (χ4n) is 1.20. The van der Waals surface area contributed by atoms with Gasteiger partial charge in [0.2, 0.25) is 0 Å². The largest absolute Gasteiger partial charge is 0.310 e. The molecule has 1 aromatic heterocycles. The highest BCUT2D eigenvalue weighted by Gasteiger charge is 2.03. The van der Waals surface area contributed by atoms with Gasteiger partial charge in [0.25, 0.3) is 0 Å². The van der Waals surface area contributed by atoms with Crippen LogP contribution in [-0.2, 0) is 6.54 Å². The van der Waals surface area contributed by atoms with Crippen LogP contribution in [0.1, 0.15) is 18.4 Å². The summed E-state index contributed by atoms with van der Waals surface area (Å²) in [5, 5.41) is 3.38. The van der Waals surface area contributed by atoms with Crippen LogP contribution >= 0.6 is 0 Å². The second-order valence-electron chi connectivity index (χ2n) is 4.04. The van der Waals surface area contributed by atoms with Crippen LogP contribution in [-0.4, -0.2) is 41.5 Å². The minimum absolute atomic E-state index is 0.535. The molecule has 1 unspecified atom stereocenters. The van der Waals surface area contributed by atoms with Crippen molar-refractivity contribution in [2.45, 2.75) is 26.4 Å². The first kappa shape index (κ1) is 12.1. The van der Waals surface area contributed by atoms with Crippen LogP contribution in [0.25, 0.3) is 0 Å². The van der Waals surface area contributed by atoms with E-state index in [4.69, 9.17) is 0 Å². The van der Waals surface area contributed by atoms with Crippen molar-refractivity contribution >= 4 is 0 Å². The molecule has 0 aliphatic rings. The van der Waals surface area contributed by atoms with Gasteiger partial charge in [0.15, 0.2) is 0 Å². The molecule has 4 nitrogen and oxygen atoms in total. The highest BCUT2D eigenvalue weighted by atomic mass is 15.1. The van der Waals surface area contributed by atoms with Crippen LogP contribution in [0.2, 0.25) is 0 Å². The van der Waals surface area contributed by atoms with Gasteiger partial charge in [-0.1, -0.05) is 0 Å². The maximum atomic E-state index is 4.33. The van der Waals surface area contributed by atoms with Gasteiger partial charge in [0.05, 0.1) is 5.69 Å². The van der Waals surface area contributed by atoms with Crippen LogP contribution in [0.15, 0.2) is 12.3 Å². The number of nitrogens with zero attached hydrogens (tertiary/aromatic N) is 3. The van der Waals surface area contributed by atoms with Crippen LogP contribution in [0.3, 0.4) is 0 Å². The minimum atomic E-state index is 0.535. The molecule has 1 N–H and O–H groups in total. The molecule has 0 bridgehead atoms. The first-order valence-electron chi connectivity index (χ1n) is 5.25. The molecule has 0 amide bonds. The van der Waals surface area contributed by atoms with Crippen molar-refractivity contribution in [1.82, 2.24) is 20.2 Å². The van der Waals surface area contributed by atoms with Gasteiger partial charge in [-0.25, -0.2) is 9.97 Å². The Bertz CT molecular complexity index is 298. The van der Waals surface area contributed by atoms with Crippen molar-refractivity contribution in [1.29, 1.82) is 0 Å². The van der Waals surface area contributed by atoms with Crippen molar-refractivity contribution in [2.75, 3.05) is 20.6 Å². The molecule has 0 fully saturated rings. The smallest absolute Gasteiger partial charge is 0.125 e. The summed E-state index contributed by atoms with van der Waals surface area (Å²) in [5.41, 5.74) is 1.05.